The van der Waals surface area contributed by atoms with Crippen LogP contribution in [0.1, 0.15) is 171 Å². The summed E-state index contributed by atoms with van der Waals surface area (Å²) in [6, 6.07) is 61.6. The van der Waals surface area contributed by atoms with Crippen molar-refractivity contribution in [3.05, 3.63) is 253 Å². The predicted molar refractivity (Wildman–Crippen MR) is 480 cm³/mol. The van der Waals surface area contributed by atoms with Gasteiger partial charge in [-0.15, -0.1) is 0 Å². The molecule has 0 saturated carbocycles. The SMILES string of the molecule is CC[C@H](CN1CC[C@@H](CNC(=O)c2ccc(Cl)c(Cl)c2)N[C@@H](CCN(C)c2ccccc2)C1=O)c1ccccc1.CC[C@H](CN1CC[C@@H](CNC(=O)c2ccc(Cl)c(Cl)c2)N[C@@H](CCN(CC)CC)C1=O)c1ccccc1.C[C@H](CN1CC[C@@H](CNC(=O)c2ccc3ccccc3c2)N[C@@H](CCN2CCCCC2)C1=O)c1ccc(Cl)cc1. The molecule has 117 heavy (non-hydrogen) atoms. The lowest BCUT2D eigenvalue weighted by Gasteiger charge is -2.30. The number of halogens is 5. The number of amides is 6. The molecule has 0 spiro atoms. The van der Waals surface area contributed by atoms with Crippen molar-refractivity contribution in [2.75, 3.05) is 117 Å². The zero-order valence-electron chi connectivity index (χ0n) is 68.8. The van der Waals surface area contributed by atoms with Crippen LogP contribution in [-0.2, 0) is 14.4 Å². The van der Waals surface area contributed by atoms with E-state index in [2.05, 4.69) is 142 Å². The van der Waals surface area contributed by atoms with Gasteiger partial charge in [0.2, 0.25) is 17.7 Å². The van der Waals surface area contributed by atoms with E-state index in [-0.39, 0.29) is 83.5 Å². The topological polar surface area (TPSA) is 194 Å². The number of carbonyl (C=O) groups excluding carboxylic acids is 6. The van der Waals surface area contributed by atoms with E-state index in [4.69, 9.17) is 58.0 Å². The highest BCUT2D eigenvalue weighted by atomic mass is 35.5. The minimum absolute atomic E-state index is 0.0147. The number of carbonyl (C=O) groups is 6. The summed E-state index contributed by atoms with van der Waals surface area (Å²) in [5.74, 6) is 0.693. The summed E-state index contributed by atoms with van der Waals surface area (Å²) in [5, 5.41) is 24.4. The van der Waals surface area contributed by atoms with Crippen LogP contribution in [0, 0.1) is 0 Å². The molecule has 0 bridgehead atoms. The fourth-order valence-corrected chi connectivity index (χ4v) is 16.8. The molecule has 9 atom stereocenters. The molecule has 0 aliphatic carbocycles. The fraction of sp³-hybridized carbons (Fsp3) is 0.447. The fourth-order valence-electron chi connectivity index (χ4n) is 16.1. The van der Waals surface area contributed by atoms with Crippen molar-refractivity contribution in [1.29, 1.82) is 0 Å². The minimum atomic E-state index is -0.353. The van der Waals surface area contributed by atoms with Crippen LogP contribution in [0.25, 0.3) is 10.8 Å². The number of hydrogen-bond donors (Lipinski definition) is 6. The van der Waals surface area contributed by atoms with E-state index in [1.807, 2.05) is 119 Å². The van der Waals surface area contributed by atoms with Gasteiger partial charge in [0.25, 0.3) is 17.7 Å². The van der Waals surface area contributed by atoms with Crippen LogP contribution < -0.4 is 36.8 Å². The molecule has 12 rings (SSSR count). The number of benzene rings is 8. The van der Waals surface area contributed by atoms with Gasteiger partial charge < -0.3 is 61.3 Å². The Bertz CT molecular complexity index is 4450. The van der Waals surface area contributed by atoms with E-state index in [1.165, 1.54) is 36.0 Å². The second-order valence-corrected chi connectivity index (χ2v) is 33.5. The van der Waals surface area contributed by atoms with Gasteiger partial charge in [0, 0.05) is 143 Å². The van der Waals surface area contributed by atoms with Crippen molar-refractivity contribution in [2.45, 2.75) is 159 Å². The maximum absolute atomic E-state index is 13.9. The number of rotatable bonds is 32. The van der Waals surface area contributed by atoms with Gasteiger partial charge in [-0.05, 0) is 197 Å². The number of hydrogen-bond acceptors (Lipinski definition) is 12. The summed E-state index contributed by atoms with van der Waals surface area (Å²) in [4.78, 5) is 93.1. The molecular formula is C94H119Cl5N12O6. The average Bonchev–Trinajstić information content (AvgIpc) is 1.74. The Morgan fingerprint density at radius 2 is 0.846 bits per heavy atom. The lowest BCUT2D eigenvalue weighted by molar-refractivity contribution is -0.134. The standard InChI is InChI=1S/C33H41ClN4O2.C32H38Cl2N4O2.C29H40Cl2N4O2/c1-24(25-11-13-29(34)14-12-25)23-38-20-15-30(36-31(33(38)40)16-19-37-17-5-2-6-18-37)22-35-32(39)28-10-9-26-7-3-4-8-27(26)21-28;1-3-23(24-10-6-4-7-11-24)22-38-19-16-26(21-35-31(39)25-14-15-28(33)29(34)20-25)36-30(32(38)40)17-18-37(2)27-12-8-5-9-13-27;1-4-21(22-10-8-7-9-11-22)20-35-17-14-24(33-27(29(35)37)15-16-34(5-2)6-3)19-32-28(36)23-12-13-25(30)26(31)18-23/h3-4,7-14,21,24,30-31,36H,2,5-6,15-20,22-23H2,1H3,(H,35,39);4-15,20,23,26,30,36H,3,16-19,21-22H2,1-2H3,(H,35,39);7-13,18,21,24,27,33H,4-6,14-17,19-20H2,1-3H3,(H,32,36)/t24-,30+,31+;23-,26+,30+;21-,24+,27+/m111/s1. The highest BCUT2D eigenvalue weighted by molar-refractivity contribution is 6.42. The minimum Gasteiger partial charge on any atom is -0.375 e. The third kappa shape index (κ3) is 27.7. The van der Waals surface area contributed by atoms with Crippen molar-refractivity contribution in [3.8, 4) is 0 Å². The van der Waals surface area contributed by atoms with Crippen LogP contribution in [-0.4, -0.2) is 208 Å². The lowest BCUT2D eigenvalue weighted by Crippen LogP contribution is -2.50. The molecule has 6 N–H and O–H groups in total. The highest BCUT2D eigenvalue weighted by Gasteiger charge is 2.36. The van der Waals surface area contributed by atoms with Gasteiger partial charge in [0.1, 0.15) is 0 Å². The molecule has 4 fully saturated rings. The Balaban J connectivity index is 0.000000185. The van der Waals surface area contributed by atoms with E-state index < -0.39 is 0 Å². The molecule has 4 saturated heterocycles. The second kappa shape index (κ2) is 47.0. The number of para-hydroxylation sites is 1. The number of piperidine rings is 1. The van der Waals surface area contributed by atoms with Crippen molar-refractivity contribution in [1.82, 2.24) is 56.4 Å². The van der Waals surface area contributed by atoms with Crippen LogP contribution >= 0.6 is 58.0 Å². The summed E-state index contributed by atoms with van der Waals surface area (Å²) < 4.78 is 0. The third-order valence-corrected chi connectivity index (χ3v) is 25.1. The van der Waals surface area contributed by atoms with Crippen LogP contribution in [0.2, 0.25) is 25.1 Å². The first kappa shape index (κ1) is 91.2. The van der Waals surface area contributed by atoms with Gasteiger partial charge in [-0.25, -0.2) is 0 Å². The maximum Gasteiger partial charge on any atom is 0.251 e. The van der Waals surface area contributed by atoms with Crippen LogP contribution in [0.15, 0.2) is 194 Å². The van der Waals surface area contributed by atoms with Gasteiger partial charge >= 0.3 is 0 Å². The van der Waals surface area contributed by atoms with Crippen molar-refractivity contribution < 1.29 is 28.8 Å². The van der Waals surface area contributed by atoms with E-state index in [9.17, 15) is 28.8 Å². The molecule has 626 valence electrons. The smallest absolute Gasteiger partial charge is 0.251 e. The predicted octanol–water partition coefficient (Wildman–Crippen LogP) is 16.7. The number of anilines is 1. The summed E-state index contributed by atoms with van der Waals surface area (Å²) in [7, 11) is 2.05. The number of likely N-dealkylation sites (tertiary alicyclic amines) is 1. The van der Waals surface area contributed by atoms with E-state index in [1.54, 1.807) is 36.4 Å². The third-order valence-electron chi connectivity index (χ3n) is 23.4. The molecule has 0 radical (unpaired) electrons. The van der Waals surface area contributed by atoms with Crippen LogP contribution in [0.3, 0.4) is 0 Å². The molecule has 0 unspecified atom stereocenters. The summed E-state index contributed by atoms with van der Waals surface area (Å²) in [5.41, 5.74) is 6.38. The molecule has 8 aromatic rings. The second-order valence-electron chi connectivity index (χ2n) is 31.5. The highest BCUT2D eigenvalue weighted by Crippen LogP contribution is 2.29. The Kier molecular flexibility index (Phi) is 36.7. The maximum atomic E-state index is 13.9. The van der Waals surface area contributed by atoms with Gasteiger partial charge in [0.15, 0.2) is 0 Å². The molecule has 8 aromatic carbocycles. The van der Waals surface area contributed by atoms with Gasteiger partial charge in [0.05, 0.1) is 38.2 Å². The molecule has 4 aliphatic heterocycles. The van der Waals surface area contributed by atoms with Crippen molar-refractivity contribution in [3.63, 3.8) is 0 Å². The Labute approximate surface area is 718 Å². The van der Waals surface area contributed by atoms with Gasteiger partial charge in [-0.3, -0.25) is 28.8 Å². The molecule has 18 nitrogen and oxygen atoms in total. The number of nitrogens with one attached hydrogen (secondary N) is 6. The molecule has 4 aliphatic rings. The van der Waals surface area contributed by atoms with E-state index in [0.717, 1.165) is 112 Å². The zero-order chi connectivity index (χ0) is 83.2. The van der Waals surface area contributed by atoms with Crippen LogP contribution in [0.5, 0.6) is 0 Å². The molecule has 23 heteroatoms. The monoisotopic (exact) mass is 1690 g/mol. The Hall–Kier alpha value is -8.11. The summed E-state index contributed by atoms with van der Waals surface area (Å²) in [6.45, 7) is 22.7. The quantitative estimate of drug-likeness (QED) is 0.0234. The van der Waals surface area contributed by atoms with E-state index in [0.29, 0.717) is 108 Å². The molecule has 6 amide bonds. The lowest BCUT2D eigenvalue weighted by atomic mass is 9.95. The van der Waals surface area contributed by atoms with Crippen LogP contribution in [0.4, 0.5) is 5.69 Å². The average molecular weight is 1690 g/mol. The molecule has 0 aromatic heterocycles. The number of nitrogens with zero attached hydrogens (tertiary/aromatic N) is 6. The first-order chi connectivity index (χ1) is 56.7. The Morgan fingerprint density at radius 3 is 1.30 bits per heavy atom. The van der Waals surface area contributed by atoms with Gasteiger partial charge in [-0.2, -0.15) is 0 Å². The first-order valence-corrected chi connectivity index (χ1v) is 44.0. The molecular weight excluding hydrogens is 1570 g/mol. The number of fused-ring (bicyclic) bond motifs is 1. The Morgan fingerprint density at radius 1 is 0.436 bits per heavy atom. The van der Waals surface area contributed by atoms with Gasteiger partial charge in [-0.1, -0.05) is 220 Å². The van der Waals surface area contributed by atoms with Crippen molar-refractivity contribution >= 4 is 110 Å². The largest absolute Gasteiger partial charge is 0.375 e. The zero-order valence-corrected chi connectivity index (χ0v) is 72.6. The first-order valence-electron chi connectivity index (χ1n) is 42.1. The summed E-state index contributed by atoms with van der Waals surface area (Å²) in [6.07, 6.45) is 10.1. The summed E-state index contributed by atoms with van der Waals surface area (Å²) >= 11 is 30.3. The van der Waals surface area contributed by atoms with E-state index >= 15 is 0 Å². The molecule has 4 heterocycles. The normalized spacial score (nSPS) is 19.5. The van der Waals surface area contributed by atoms with Crippen molar-refractivity contribution in [2.24, 2.45) is 0 Å².